The van der Waals surface area contributed by atoms with Gasteiger partial charge in [0.15, 0.2) is 0 Å². The fourth-order valence-corrected chi connectivity index (χ4v) is 2.95. The number of rotatable bonds is 7. The monoisotopic (exact) mass is 310 g/mol. The summed E-state index contributed by atoms with van der Waals surface area (Å²) >= 11 is 5.94. The molecule has 0 amide bonds. The number of likely N-dealkylation sites (N-methyl/N-ethyl adjacent to an activating group) is 1. The molecule has 118 valence electrons. The van der Waals surface area contributed by atoms with Crippen LogP contribution in [0.1, 0.15) is 25.3 Å². The van der Waals surface area contributed by atoms with Gasteiger partial charge in [0.05, 0.1) is 6.61 Å². The maximum absolute atomic E-state index is 5.94. The molecule has 1 aliphatic rings. The van der Waals surface area contributed by atoms with Crippen LogP contribution in [0.2, 0.25) is 5.02 Å². The normalized spacial score (nSPS) is 17.1. The van der Waals surface area contributed by atoms with Gasteiger partial charge in [-0.15, -0.1) is 0 Å². The second-order valence-electron chi connectivity index (χ2n) is 5.74. The molecule has 1 saturated heterocycles. The van der Waals surface area contributed by atoms with Gasteiger partial charge < -0.3 is 14.5 Å². The molecule has 1 heterocycles. The van der Waals surface area contributed by atoms with Crippen molar-refractivity contribution in [3.8, 4) is 5.75 Å². The molecular weight excluding hydrogens is 284 g/mol. The van der Waals surface area contributed by atoms with Gasteiger partial charge in [-0.3, -0.25) is 0 Å². The van der Waals surface area contributed by atoms with E-state index in [1.54, 1.807) is 0 Å². The van der Waals surface area contributed by atoms with E-state index in [0.717, 1.165) is 29.4 Å². The van der Waals surface area contributed by atoms with Crippen LogP contribution in [0.5, 0.6) is 5.75 Å². The summed E-state index contributed by atoms with van der Waals surface area (Å²) in [5.74, 6) is 0.955. The molecule has 1 fully saturated rings. The van der Waals surface area contributed by atoms with E-state index in [1.165, 1.54) is 45.7 Å². The van der Waals surface area contributed by atoms with E-state index >= 15 is 0 Å². The molecule has 4 heteroatoms. The van der Waals surface area contributed by atoms with E-state index in [9.17, 15) is 0 Å². The van der Waals surface area contributed by atoms with Crippen LogP contribution in [0.3, 0.4) is 0 Å². The highest BCUT2D eigenvalue weighted by atomic mass is 35.5. The molecule has 2 rings (SSSR count). The average Bonchev–Trinajstić information content (AvgIpc) is 2.49. The first-order chi connectivity index (χ1) is 10.2. The van der Waals surface area contributed by atoms with Gasteiger partial charge in [-0.1, -0.05) is 18.5 Å². The maximum Gasteiger partial charge on any atom is 0.122 e. The van der Waals surface area contributed by atoms with Crippen LogP contribution in [0.15, 0.2) is 18.2 Å². The summed E-state index contributed by atoms with van der Waals surface area (Å²) in [5.41, 5.74) is 1.11. The third kappa shape index (κ3) is 5.50. The quantitative estimate of drug-likeness (QED) is 0.718. The second-order valence-corrected chi connectivity index (χ2v) is 6.18. The van der Waals surface area contributed by atoms with Crippen molar-refractivity contribution >= 4 is 11.6 Å². The lowest BCUT2D eigenvalue weighted by Crippen LogP contribution is -2.46. The number of ether oxygens (including phenoxy) is 1. The van der Waals surface area contributed by atoms with E-state index in [1.807, 2.05) is 25.1 Å². The predicted molar refractivity (Wildman–Crippen MR) is 89.5 cm³/mol. The number of hydrogen-bond donors (Lipinski definition) is 0. The van der Waals surface area contributed by atoms with Crippen molar-refractivity contribution in [2.75, 3.05) is 45.9 Å². The minimum Gasteiger partial charge on any atom is -0.493 e. The molecule has 1 aromatic carbocycles. The van der Waals surface area contributed by atoms with Crippen LogP contribution in [0.4, 0.5) is 0 Å². The summed E-state index contributed by atoms with van der Waals surface area (Å²) < 4.78 is 5.83. The lowest BCUT2D eigenvalue weighted by atomic mass is 10.2. The molecule has 0 unspecified atom stereocenters. The zero-order valence-electron chi connectivity index (χ0n) is 13.3. The van der Waals surface area contributed by atoms with Crippen LogP contribution in [-0.4, -0.2) is 55.7 Å². The fourth-order valence-electron chi connectivity index (χ4n) is 2.72. The minimum atomic E-state index is 0.770. The highest BCUT2D eigenvalue weighted by molar-refractivity contribution is 6.30. The van der Waals surface area contributed by atoms with Gasteiger partial charge in [0, 0.05) is 31.2 Å². The van der Waals surface area contributed by atoms with Crippen molar-refractivity contribution < 1.29 is 4.74 Å². The maximum atomic E-state index is 5.94. The molecule has 0 aliphatic carbocycles. The molecule has 0 bridgehead atoms. The van der Waals surface area contributed by atoms with Crippen molar-refractivity contribution in [3.63, 3.8) is 0 Å². The van der Waals surface area contributed by atoms with E-state index in [0.29, 0.717) is 0 Å². The van der Waals surface area contributed by atoms with Crippen LogP contribution in [0, 0.1) is 6.92 Å². The number of nitrogens with zero attached hydrogens (tertiary/aromatic N) is 2. The lowest BCUT2D eigenvalue weighted by Gasteiger charge is -2.33. The Balaban J connectivity index is 1.58. The zero-order valence-corrected chi connectivity index (χ0v) is 14.0. The molecule has 1 aliphatic heterocycles. The van der Waals surface area contributed by atoms with Crippen molar-refractivity contribution in [3.05, 3.63) is 28.8 Å². The Kier molecular flexibility index (Phi) is 6.81. The van der Waals surface area contributed by atoms with Crippen LogP contribution in [-0.2, 0) is 0 Å². The van der Waals surface area contributed by atoms with Crippen molar-refractivity contribution in [2.24, 2.45) is 0 Å². The minimum absolute atomic E-state index is 0.770. The Bertz CT molecular complexity index is 431. The average molecular weight is 311 g/mol. The number of unbranched alkanes of at least 4 members (excludes halogenated alkanes) is 1. The highest BCUT2D eigenvalue weighted by Crippen LogP contribution is 2.21. The third-order valence-electron chi connectivity index (χ3n) is 4.18. The summed E-state index contributed by atoms with van der Waals surface area (Å²) in [4.78, 5) is 5.09. The van der Waals surface area contributed by atoms with Gasteiger partial charge in [0.1, 0.15) is 5.75 Å². The molecule has 21 heavy (non-hydrogen) atoms. The van der Waals surface area contributed by atoms with E-state index in [2.05, 4.69) is 16.7 Å². The van der Waals surface area contributed by atoms with Gasteiger partial charge in [0.25, 0.3) is 0 Å². The fraction of sp³-hybridized carbons (Fsp3) is 0.647. The lowest BCUT2D eigenvalue weighted by molar-refractivity contribution is 0.134. The molecular formula is C17H27ClN2O. The molecule has 0 atom stereocenters. The van der Waals surface area contributed by atoms with Crippen LogP contribution >= 0.6 is 11.6 Å². The number of benzene rings is 1. The molecule has 0 aromatic heterocycles. The van der Waals surface area contributed by atoms with Gasteiger partial charge in [-0.25, -0.2) is 0 Å². The SMILES string of the molecule is CCN1CCN(CCCCOc2ccc(Cl)cc2C)CC1. The van der Waals surface area contributed by atoms with Crippen LogP contribution < -0.4 is 4.74 Å². The number of halogens is 1. The first-order valence-electron chi connectivity index (χ1n) is 8.02. The summed E-state index contributed by atoms with van der Waals surface area (Å²) in [7, 11) is 0. The largest absolute Gasteiger partial charge is 0.493 e. The molecule has 0 spiro atoms. The van der Waals surface area contributed by atoms with Crippen molar-refractivity contribution in [1.82, 2.24) is 9.80 Å². The summed E-state index contributed by atoms with van der Waals surface area (Å²) in [6, 6.07) is 5.79. The first kappa shape index (κ1) is 16.6. The Morgan fingerprint density at radius 3 is 2.48 bits per heavy atom. The van der Waals surface area contributed by atoms with Crippen LogP contribution in [0.25, 0.3) is 0 Å². The van der Waals surface area contributed by atoms with Gasteiger partial charge >= 0.3 is 0 Å². The first-order valence-corrected chi connectivity index (χ1v) is 8.40. The van der Waals surface area contributed by atoms with E-state index in [-0.39, 0.29) is 0 Å². The number of aryl methyl sites for hydroxylation is 1. The Morgan fingerprint density at radius 1 is 1.10 bits per heavy atom. The topological polar surface area (TPSA) is 15.7 Å². The van der Waals surface area contributed by atoms with Crippen molar-refractivity contribution in [1.29, 1.82) is 0 Å². The van der Waals surface area contributed by atoms with E-state index < -0.39 is 0 Å². The zero-order chi connectivity index (χ0) is 15.1. The van der Waals surface area contributed by atoms with Crippen molar-refractivity contribution in [2.45, 2.75) is 26.7 Å². The van der Waals surface area contributed by atoms with E-state index in [4.69, 9.17) is 16.3 Å². The highest BCUT2D eigenvalue weighted by Gasteiger charge is 2.14. The third-order valence-corrected chi connectivity index (χ3v) is 4.41. The standard InChI is InChI=1S/C17H27ClN2O/c1-3-19-9-11-20(12-10-19)8-4-5-13-21-17-7-6-16(18)14-15(17)2/h6-7,14H,3-5,8-13H2,1-2H3. The Labute approximate surface area is 133 Å². The summed E-state index contributed by atoms with van der Waals surface area (Å²) in [5, 5.41) is 0.770. The number of piperazine rings is 1. The summed E-state index contributed by atoms with van der Waals surface area (Å²) in [6.45, 7) is 12.3. The predicted octanol–water partition coefficient (Wildman–Crippen LogP) is 3.44. The van der Waals surface area contributed by atoms with Gasteiger partial charge in [-0.2, -0.15) is 0 Å². The van der Waals surface area contributed by atoms with Gasteiger partial charge in [-0.05, 0) is 56.6 Å². The van der Waals surface area contributed by atoms with Gasteiger partial charge in [0.2, 0.25) is 0 Å². The Hall–Kier alpha value is -0.770. The molecule has 1 aromatic rings. The molecule has 3 nitrogen and oxygen atoms in total. The molecule has 0 N–H and O–H groups in total. The molecule has 0 saturated carbocycles. The smallest absolute Gasteiger partial charge is 0.122 e. The Morgan fingerprint density at radius 2 is 1.81 bits per heavy atom. The summed E-state index contributed by atoms with van der Waals surface area (Å²) in [6.07, 6.45) is 2.31. The second kappa shape index (κ2) is 8.62. The molecule has 0 radical (unpaired) electrons. The number of hydrogen-bond acceptors (Lipinski definition) is 3.